The Kier molecular flexibility index (Phi) is 7.08. The summed E-state index contributed by atoms with van der Waals surface area (Å²) in [5.41, 5.74) is 0. The van der Waals surface area contributed by atoms with Crippen molar-refractivity contribution in [1.29, 1.82) is 0 Å². The maximum Gasteiger partial charge on any atom is 0.323 e. The molecule has 0 aliphatic heterocycles. The fourth-order valence-corrected chi connectivity index (χ4v) is 2.61. The summed E-state index contributed by atoms with van der Waals surface area (Å²) in [7, 11) is 1.59. The minimum Gasteiger partial charge on any atom is -0.497 e. The third-order valence-electron chi connectivity index (χ3n) is 3.15. The number of carbonyl (C=O) groups is 2. The molecule has 21 heavy (non-hydrogen) atoms. The van der Waals surface area contributed by atoms with Crippen LogP contribution in [0, 0.1) is 0 Å². The molecule has 0 spiro atoms. The number of methoxy groups -OCH3 is 1. The molecule has 1 aromatic carbocycles. The lowest BCUT2D eigenvalue weighted by Gasteiger charge is -2.26. The minimum absolute atomic E-state index is 0.0838. The van der Waals surface area contributed by atoms with Crippen LogP contribution in [-0.2, 0) is 9.59 Å². The van der Waals surface area contributed by atoms with Gasteiger partial charge in [-0.05, 0) is 31.5 Å². The normalized spacial score (nSPS) is 11.8. The highest BCUT2D eigenvalue weighted by Gasteiger charge is 2.21. The third-order valence-corrected chi connectivity index (χ3v) is 4.13. The van der Waals surface area contributed by atoms with Gasteiger partial charge in [0.25, 0.3) is 0 Å². The molecule has 0 aromatic heterocycles. The van der Waals surface area contributed by atoms with Gasteiger partial charge in [0.1, 0.15) is 12.3 Å². The molecule has 0 radical (unpaired) electrons. The van der Waals surface area contributed by atoms with Gasteiger partial charge in [0.2, 0.25) is 5.91 Å². The standard InChI is InChI=1S/C15H21NO4S/c1-4-11(2)16(9-15(18)19)14(17)10-21-13-7-5-6-12(8-13)20-3/h5-8,11H,4,9-10H2,1-3H3,(H,18,19). The van der Waals surface area contributed by atoms with Crippen molar-refractivity contribution in [2.24, 2.45) is 0 Å². The Balaban J connectivity index is 2.66. The van der Waals surface area contributed by atoms with E-state index in [1.54, 1.807) is 7.11 Å². The molecule has 116 valence electrons. The van der Waals surface area contributed by atoms with Gasteiger partial charge in [0.15, 0.2) is 0 Å². The minimum atomic E-state index is -0.991. The number of aliphatic carboxylic acids is 1. The maximum atomic E-state index is 12.2. The molecule has 1 aromatic rings. The second-order valence-corrected chi connectivity index (χ2v) is 5.69. The summed E-state index contributed by atoms with van der Waals surface area (Å²) in [5, 5.41) is 8.91. The predicted molar refractivity (Wildman–Crippen MR) is 82.8 cm³/mol. The summed E-state index contributed by atoms with van der Waals surface area (Å²) in [6.07, 6.45) is 0.725. The topological polar surface area (TPSA) is 66.8 Å². The Labute approximate surface area is 129 Å². The zero-order valence-electron chi connectivity index (χ0n) is 12.5. The highest BCUT2D eigenvalue weighted by Crippen LogP contribution is 2.23. The highest BCUT2D eigenvalue weighted by molar-refractivity contribution is 8.00. The van der Waals surface area contributed by atoms with E-state index in [0.29, 0.717) is 0 Å². The van der Waals surface area contributed by atoms with Crippen molar-refractivity contribution in [3.63, 3.8) is 0 Å². The fraction of sp³-hybridized carbons (Fsp3) is 0.467. The van der Waals surface area contributed by atoms with E-state index in [0.717, 1.165) is 17.1 Å². The van der Waals surface area contributed by atoms with Gasteiger partial charge < -0.3 is 14.7 Å². The quantitative estimate of drug-likeness (QED) is 0.747. The number of hydrogen-bond donors (Lipinski definition) is 1. The van der Waals surface area contributed by atoms with Crippen molar-refractivity contribution < 1.29 is 19.4 Å². The van der Waals surface area contributed by atoms with E-state index in [-0.39, 0.29) is 24.2 Å². The van der Waals surface area contributed by atoms with Crippen LogP contribution in [0.1, 0.15) is 20.3 Å². The van der Waals surface area contributed by atoms with Crippen LogP contribution in [0.5, 0.6) is 5.75 Å². The van der Waals surface area contributed by atoms with Crippen molar-refractivity contribution in [2.45, 2.75) is 31.2 Å². The molecule has 6 heteroatoms. The molecule has 0 heterocycles. The van der Waals surface area contributed by atoms with E-state index >= 15 is 0 Å². The summed E-state index contributed by atoms with van der Waals surface area (Å²) in [5.74, 6) is -0.212. The highest BCUT2D eigenvalue weighted by atomic mass is 32.2. The Morgan fingerprint density at radius 3 is 2.71 bits per heavy atom. The molecular weight excluding hydrogens is 290 g/mol. The van der Waals surface area contributed by atoms with Crippen molar-refractivity contribution in [1.82, 2.24) is 4.90 Å². The summed E-state index contributed by atoms with van der Waals surface area (Å²) in [6, 6.07) is 7.35. The number of hydrogen-bond acceptors (Lipinski definition) is 4. The molecule has 0 bridgehead atoms. The zero-order valence-corrected chi connectivity index (χ0v) is 13.4. The van der Waals surface area contributed by atoms with Gasteiger partial charge in [-0.3, -0.25) is 9.59 Å². The van der Waals surface area contributed by atoms with Crippen LogP contribution in [0.2, 0.25) is 0 Å². The van der Waals surface area contributed by atoms with Crippen molar-refractivity contribution in [3.05, 3.63) is 24.3 Å². The Bertz CT molecular complexity index is 492. The SMILES string of the molecule is CCC(C)N(CC(=O)O)C(=O)CSc1cccc(OC)c1. The van der Waals surface area contributed by atoms with E-state index < -0.39 is 5.97 Å². The van der Waals surface area contributed by atoms with E-state index in [1.807, 2.05) is 38.1 Å². The Morgan fingerprint density at radius 2 is 2.14 bits per heavy atom. The van der Waals surface area contributed by atoms with Gasteiger partial charge in [-0.25, -0.2) is 0 Å². The van der Waals surface area contributed by atoms with E-state index in [2.05, 4.69) is 0 Å². The van der Waals surface area contributed by atoms with E-state index in [1.165, 1.54) is 16.7 Å². The molecule has 1 amide bonds. The number of amides is 1. The van der Waals surface area contributed by atoms with Gasteiger partial charge in [-0.1, -0.05) is 13.0 Å². The number of carboxylic acid groups (broad SMARTS) is 1. The van der Waals surface area contributed by atoms with Gasteiger partial charge in [0.05, 0.1) is 12.9 Å². The average molecular weight is 311 g/mol. The monoisotopic (exact) mass is 311 g/mol. The van der Waals surface area contributed by atoms with Crippen LogP contribution in [-0.4, -0.2) is 47.3 Å². The number of nitrogens with zero attached hydrogens (tertiary/aromatic N) is 1. The largest absolute Gasteiger partial charge is 0.497 e. The first-order valence-electron chi connectivity index (χ1n) is 6.76. The lowest BCUT2D eigenvalue weighted by molar-refractivity contribution is -0.144. The number of carboxylic acids is 1. The smallest absolute Gasteiger partial charge is 0.323 e. The number of carbonyl (C=O) groups excluding carboxylic acids is 1. The van der Waals surface area contributed by atoms with Crippen LogP contribution < -0.4 is 4.74 Å². The van der Waals surface area contributed by atoms with E-state index in [4.69, 9.17) is 9.84 Å². The summed E-state index contributed by atoms with van der Waals surface area (Å²) < 4.78 is 5.13. The second kappa shape index (κ2) is 8.56. The molecule has 0 fully saturated rings. The first-order valence-corrected chi connectivity index (χ1v) is 7.74. The number of benzene rings is 1. The van der Waals surface area contributed by atoms with Gasteiger partial charge in [-0.15, -0.1) is 11.8 Å². The first-order chi connectivity index (χ1) is 9.97. The van der Waals surface area contributed by atoms with Gasteiger partial charge in [0, 0.05) is 10.9 Å². The van der Waals surface area contributed by atoms with Crippen molar-refractivity contribution in [2.75, 3.05) is 19.4 Å². The molecule has 1 unspecified atom stereocenters. The lowest BCUT2D eigenvalue weighted by Crippen LogP contribution is -2.42. The summed E-state index contributed by atoms with van der Waals surface area (Å²) >= 11 is 1.38. The van der Waals surface area contributed by atoms with Gasteiger partial charge >= 0.3 is 5.97 Å². The second-order valence-electron chi connectivity index (χ2n) is 4.64. The van der Waals surface area contributed by atoms with Crippen molar-refractivity contribution in [3.8, 4) is 5.75 Å². The summed E-state index contributed by atoms with van der Waals surface area (Å²) in [6.45, 7) is 3.53. The molecule has 0 saturated heterocycles. The molecule has 0 aliphatic rings. The molecule has 0 aliphatic carbocycles. The van der Waals surface area contributed by atoms with E-state index in [9.17, 15) is 9.59 Å². The zero-order chi connectivity index (χ0) is 15.8. The first kappa shape index (κ1) is 17.4. The lowest BCUT2D eigenvalue weighted by atomic mass is 10.2. The molecular formula is C15H21NO4S. The van der Waals surface area contributed by atoms with Crippen LogP contribution >= 0.6 is 11.8 Å². The van der Waals surface area contributed by atoms with Crippen LogP contribution in [0.15, 0.2) is 29.2 Å². The molecule has 1 atom stereocenters. The van der Waals surface area contributed by atoms with Crippen molar-refractivity contribution >= 4 is 23.6 Å². The molecule has 1 rings (SSSR count). The van der Waals surface area contributed by atoms with Crippen LogP contribution in [0.3, 0.4) is 0 Å². The Morgan fingerprint density at radius 1 is 1.43 bits per heavy atom. The molecule has 0 saturated carbocycles. The number of thioether (sulfide) groups is 1. The maximum absolute atomic E-state index is 12.2. The number of ether oxygens (including phenoxy) is 1. The van der Waals surface area contributed by atoms with Gasteiger partial charge in [-0.2, -0.15) is 0 Å². The number of rotatable bonds is 8. The van der Waals surface area contributed by atoms with Crippen LogP contribution in [0.25, 0.3) is 0 Å². The third kappa shape index (κ3) is 5.67. The fourth-order valence-electron chi connectivity index (χ4n) is 1.77. The summed E-state index contributed by atoms with van der Waals surface area (Å²) in [4.78, 5) is 25.4. The predicted octanol–water partition coefficient (Wildman–Crippen LogP) is 2.50. The molecule has 5 nitrogen and oxygen atoms in total. The Hall–Kier alpha value is -1.69. The average Bonchev–Trinajstić information content (AvgIpc) is 2.49. The van der Waals surface area contributed by atoms with Crippen LogP contribution in [0.4, 0.5) is 0 Å². The molecule has 1 N–H and O–H groups in total.